The van der Waals surface area contributed by atoms with Crippen LogP contribution in [0.5, 0.6) is 11.5 Å². The third kappa shape index (κ3) is 15.0. The molecular formula is C29H44ClNO4. The van der Waals surface area contributed by atoms with Crippen molar-refractivity contribution in [2.24, 2.45) is 5.73 Å². The Kier molecular flexibility index (Phi) is 17.2. The van der Waals surface area contributed by atoms with Gasteiger partial charge in [-0.15, -0.1) is 11.6 Å². The van der Waals surface area contributed by atoms with Crippen molar-refractivity contribution in [1.82, 2.24) is 0 Å². The Hall–Kier alpha value is -1.79. The van der Waals surface area contributed by atoms with Crippen molar-refractivity contribution in [2.45, 2.75) is 64.3 Å². The first kappa shape index (κ1) is 29.4. The van der Waals surface area contributed by atoms with Gasteiger partial charge in [-0.05, 0) is 54.7 Å². The summed E-state index contributed by atoms with van der Waals surface area (Å²) in [4.78, 5) is 0. The van der Waals surface area contributed by atoms with E-state index in [2.05, 4.69) is 24.3 Å². The lowest BCUT2D eigenvalue weighted by Crippen LogP contribution is -2.07. The number of unbranched alkanes of at least 4 members (excludes halogenated alkanes) is 7. The predicted octanol–water partition coefficient (Wildman–Crippen LogP) is 6.54. The van der Waals surface area contributed by atoms with Crippen molar-refractivity contribution in [3.8, 4) is 11.5 Å². The molecule has 2 N–H and O–H groups in total. The van der Waals surface area contributed by atoms with Gasteiger partial charge in [0.1, 0.15) is 11.5 Å². The summed E-state index contributed by atoms with van der Waals surface area (Å²) in [6, 6.07) is 16.4. The van der Waals surface area contributed by atoms with Gasteiger partial charge in [0.25, 0.3) is 0 Å². The molecule has 2 aromatic carbocycles. The fraction of sp³-hybridized carbons (Fsp3) is 0.586. The van der Waals surface area contributed by atoms with Gasteiger partial charge in [0.15, 0.2) is 0 Å². The molecule has 0 bridgehead atoms. The highest BCUT2D eigenvalue weighted by Crippen LogP contribution is 2.15. The van der Waals surface area contributed by atoms with Crippen LogP contribution in [0.2, 0.25) is 0 Å². The normalized spacial score (nSPS) is 11.0. The number of hydrogen-bond donors (Lipinski definition) is 1. The minimum Gasteiger partial charge on any atom is -0.494 e. The number of rotatable bonds is 22. The van der Waals surface area contributed by atoms with Gasteiger partial charge >= 0.3 is 0 Å². The lowest BCUT2D eigenvalue weighted by molar-refractivity contribution is 0.0548. The van der Waals surface area contributed by atoms with Crippen LogP contribution < -0.4 is 15.2 Å². The molecule has 0 aliphatic carbocycles. The average molecular weight is 506 g/mol. The van der Waals surface area contributed by atoms with Gasteiger partial charge in [0.05, 0.1) is 39.6 Å². The zero-order valence-corrected chi connectivity index (χ0v) is 22.0. The molecule has 0 saturated heterocycles. The van der Waals surface area contributed by atoms with Crippen molar-refractivity contribution >= 4 is 11.6 Å². The van der Waals surface area contributed by atoms with E-state index in [1.54, 1.807) is 0 Å². The van der Waals surface area contributed by atoms with Crippen molar-refractivity contribution in [3.05, 3.63) is 59.7 Å². The van der Waals surface area contributed by atoms with Crippen LogP contribution in [0, 0.1) is 0 Å². The van der Waals surface area contributed by atoms with Gasteiger partial charge in [-0.2, -0.15) is 0 Å². The minimum atomic E-state index is 0.527. The number of alkyl halides is 1. The molecule has 0 aliphatic heterocycles. The van der Waals surface area contributed by atoms with Crippen LogP contribution in [0.3, 0.4) is 0 Å². The molecule has 0 spiro atoms. The Morgan fingerprint density at radius 1 is 0.514 bits per heavy atom. The number of ether oxygens (including phenoxy) is 4. The van der Waals surface area contributed by atoms with E-state index in [1.165, 1.54) is 44.1 Å². The van der Waals surface area contributed by atoms with Crippen LogP contribution in [-0.4, -0.2) is 45.5 Å². The second-order valence-corrected chi connectivity index (χ2v) is 9.06. The van der Waals surface area contributed by atoms with Crippen LogP contribution in [0.25, 0.3) is 0 Å². The highest BCUT2D eigenvalue weighted by molar-refractivity contribution is 6.17. The first-order valence-electron chi connectivity index (χ1n) is 13.2. The van der Waals surface area contributed by atoms with Gasteiger partial charge in [0, 0.05) is 12.4 Å². The summed E-state index contributed by atoms with van der Waals surface area (Å²) in [6.07, 6.45) is 10.7. The molecule has 2 rings (SSSR count). The minimum absolute atomic E-state index is 0.527. The fourth-order valence-electron chi connectivity index (χ4n) is 3.69. The van der Waals surface area contributed by atoms with E-state index in [-0.39, 0.29) is 0 Å². The van der Waals surface area contributed by atoms with Crippen LogP contribution in [0.1, 0.15) is 62.5 Å². The Morgan fingerprint density at radius 2 is 0.971 bits per heavy atom. The van der Waals surface area contributed by atoms with Gasteiger partial charge < -0.3 is 24.7 Å². The lowest BCUT2D eigenvalue weighted by atomic mass is 10.1. The van der Waals surface area contributed by atoms with Gasteiger partial charge in [-0.25, -0.2) is 0 Å². The second kappa shape index (κ2) is 20.4. The summed E-state index contributed by atoms with van der Waals surface area (Å²) < 4.78 is 22.5. The van der Waals surface area contributed by atoms with Crippen molar-refractivity contribution < 1.29 is 18.9 Å². The Bertz CT molecular complexity index is 739. The van der Waals surface area contributed by atoms with Gasteiger partial charge in [-0.3, -0.25) is 0 Å². The van der Waals surface area contributed by atoms with Crippen molar-refractivity contribution in [2.75, 3.05) is 45.5 Å². The molecule has 0 saturated carbocycles. The molecule has 0 atom stereocenters. The van der Waals surface area contributed by atoms with Crippen molar-refractivity contribution in [3.63, 3.8) is 0 Å². The number of halogens is 1. The maximum Gasteiger partial charge on any atom is 0.119 e. The van der Waals surface area contributed by atoms with Crippen LogP contribution in [0.15, 0.2) is 48.5 Å². The van der Waals surface area contributed by atoms with E-state index in [9.17, 15) is 0 Å². The summed E-state index contributed by atoms with van der Waals surface area (Å²) in [7, 11) is 0. The number of benzene rings is 2. The number of nitrogens with two attached hydrogens (primary N) is 1. The van der Waals surface area contributed by atoms with Crippen LogP contribution >= 0.6 is 11.6 Å². The summed E-state index contributed by atoms with van der Waals surface area (Å²) in [5.41, 5.74) is 8.01. The topological polar surface area (TPSA) is 62.9 Å². The van der Waals surface area contributed by atoms with E-state index in [1.807, 2.05) is 24.3 Å². The number of hydrogen-bond acceptors (Lipinski definition) is 5. The zero-order chi connectivity index (χ0) is 24.8. The third-order valence-electron chi connectivity index (χ3n) is 5.79. The second-order valence-electron chi connectivity index (χ2n) is 8.68. The maximum atomic E-state index is 5.88. The standard InChI is InChI=1S/C29H44ClNO4/c30-18-22-33-24-23-32-21-17-26-9-13-28(14-10-26)34-19-7-5-3-1-2-4-6-8-20-35-29-15-11-27(25-31)12-16-29/h9-16H,1-8,17-25,31H2. The van der Waals surface area contributed by atoms with E-state index >= 15 is 0 Å². The van der Waals surface area contributed by atoms with Crippen LogP contribution in [-0.2, 0) is 22.4 Å². The van der Waals surface area contributed by atoms with E-state index < -0.39 is 0 Å². The van der Waals surface area contributed by atoms with Gasteiger partial charge in [-0.1, -0.05) is 62.8 Å². The smallest absolute Gasteiger partial charge is 0.119 e. The molecule has 2 aromatic rings. The molecule has 0 unspecified atom stereocenters. The first-order chi connectivity index (χ1) is 17.3. The largest absolute Gasteiger partial charge is 0.494 e. The molecule has 0 radical (unpaired) electrons. The average Bonchev–Trinajstić information content (AvgIpc) is 2.90. The fourth-order valence-corrected chi connectivity index (χ4v) is 3.79. The Balaban J connectivity index is 1.36. The molecule has 5 nitrogen and oxygen atoms in total. The van der Waals surface area contributed by atoms with Crippen LogP contribution in [0.4, 0.5) is 0 Å². The molecule has 6 heteroatoms. The molecular weight excluding hydrogens is 462 g/mol. The first-order valence-corrected chi connectivity index (χ1v) is 13.7. The molecule has 0 fully saturated rings. The molecule has 35 heavy (non-hydrogen) atoms. The highest BCUT2D eigenvalue weighted by atomic mass is 35.5. The van der Waals surface area contributed by atoms with Crippen molar-refractivity contribution in [1.29, 1.82) is 0 Å². The molecule has 0 amide bonds. The Labute approximate surface area is 217 Å². The summed E-state index contributed by atoms with van der Waals surface area (Å²) in [5.74, 6) is 2.41. The molecule has 0 heterocycles. The zero-order valence-electron chi connectivity index (χ0n) is 21.2. The van der Waals surface area contributed by atoms with E-state index in [4.69, 9.17) is 36.3 Å². The summed E-state index contributed by atoms with van der Waals surface area (Å²) in [5, 5.41) is 0. The molecule has 196 valence electrons. The summed E-state index contributed by atoms with van der Waals surface area (Å²) in [6.45, 7) is 4.64. The van der Waals surface area contributed by atoms with E-state index in [0.29, 0.717) is 38.9 Å². The van der Waals surface area contributed by atoms with E-state index in [0.717, 1.165) is 49.5 Å². The Morgan fingerprint density at radius 3 is 1.46 bits per heavy atom. The quantitative estimate of drug-likeness (QED) is 0.145. The molecule has 0 aromatic heterocycles. The predicted molar refractivity (Wildman–Crippen MR) is 145 cm³/mol. The SMILES string of the molecule is NCc1ccc(OCCCCCCCCCCOc2ccc(CCOCCOCCCl)cc2)cc1. The molecule has 0 aliphatic rings. The highest BCUT2D eigenvalue weighted by Gasteiger charge is 1.99. The lowest BCUT2D eigenvalue weighted by Gasteiger charge is -2.08. The third-order valence-corrected chi connectivity index (χ3v) is 5.94. The monoisotopic (exact) mass is 505 g/mol. The summed E-state index contributed by atoms with van der Waals surface area (Å²) >= 11 is 5.56. The van der Waals surface area contributed by atoms with Gasteiger partial charge in [0.2, 0.25) is 0 Å². The maximum absolute atomic E-state index is 5.88.